The van der Waals surface area contributed by atoms with Crippen LogP contribution >= 0.6 is 0 Å². The van der Waals surface area contributed by atoms with Crippen LogP contribution in [0.25, 0.3) is 28.5 Å². The number of aromatic nitrogens is 3. The number of benzene rings is 1. The Balaban J connectivity index is 1.34. The Morgan fingerprint density at radius 2 is 1.95 bits per heavy atom. The molecule has 1 aliphatic carbocycles. The molecule has 1 aromatic carbocycles. The third-order valence-electron chi connectivity index (χ3n) is 7.02. The number of hydrogen-bond donors (Lipinski definition) is 1. The molecule has 12 heteroatoms. The summed E-state index contributed by atoms with van der Waals surface area (Å²) in [5.74, 6) is -0.598. The predicted molar refractivity (Wildman–Crippen MR) is 124 cm³/mol. The lowest BCUT2D eigenvalue weighted by Crippen LogP contribution is -2.37. The van der Waals surface area contributed by atoms with E-state index in [4.69, 9.17) is 14.3 Å². The van der Waals surface area contributed by atoms with Gasteiger partial charge >= 0.3 is 12.1 Å². The summed E-state index contributed by atoms with van der Waals surface area (Å²) < 4.78 is 51.6. The second-order valence-corrected chi connectivity index (χ2v) is 9.35. The molecular weight excluding hydrogens is 491 g/mol. The summed E-state index contributed by atoms with van der Waals surface area (Å²) in [7, 11) is 0. The van der Waals surface area contributed by atoms with Gasteiger partial charge in [0.05, 0.1) is 36.6 Å². The van der Waals surface area contributed by atoms with Gasteiger partial charge in [-0.15, -0.1) is 0 Å². The van der Waals surface area contributed by atoms with Crippen molar-refractivity contribution < 1.29 is 32.3 Å². The molecule has 0 radical (unpaired) electrons. The number of halogens is 3. The van der Waals surface area contributed by atoms with E-state index in [9.17, 15) is 23.1 Å². The third kappa shape index (κ3) is 4.45. The first-order valence-corrected chi connectivity index (χ1v) is 12.0. The number of carboxylic acids is 1. The minimum absolute atomic E-state index is 0.0345. The molecule has 2 fully saturated rings. The Kier molecular flexibility index (Phi) is 5.70. The summed E-state index contributed by atoms with van der Waals surface area (Å²) >= 11 is 0. The molecule has 4 heterocycles. The average Bonchev–Trinajstić information content (AvgIpc) is 3.60. The van der Waals surface area contributed by atoms with Gasteiger partial charge in [0.1, 0.15) is 11.5 Å². The number of pyridine rings is 1. The second kappa shape index (κ2) is 8.94. The minimum Gasteiger partial charge on any atom is -0.481 e. The van der Waals surface area contributed by atoms with Crippen molar-refractivity contribution in [1.29, 1.82) is 0 Å². The molecule has 6 rings (SSSR count). The first-order valence-electron chi connectivity index (χ1n) is 12.0. The lowest BCUT2D eigenvalue weighted by atomic mass is 9.99. The van der Waals surface area contributed by atoms with Crippen LogP contribution in [0.4, 0.5) is 19.0 Å². The quantitative estimate of drug-likeness (QED) is 0.554. The maximum atomic E-state index is 13.7. The Morgan fingerprint density at radius 3 is 2.70 bits per heavy atom. The average molecular weight is 513 g/mol. The summed E-state index contributed by atoms with van der Waals surface area (Å²) in [6.45, 7) is 1.66. The van der Waals surface area contributed by atoms with Crippen molar-refractivity contribution in [2.75, 3.05) is 31.2 Å². The van der Waals surface area contributed by atoms with Gasteiger partial charge in [0.15, 0.2) is 0 Å². The lowest BCUT2D eigenvalue weighted by Gasteiger charge is -2.28. The molecule has 37 heavy (non-hydrogen) atoms. The van der Waals surface area contributed by atoms with Crippen molar-refractivity contribution in [3.63, 3.8) is 0 Å². The van der Waals surface area contributed by atoms with Gasteiger partial charge < -0.3 is 19.3 Å². The largest absolute Gasteiger partial charge is 0.481 e. The normalized spacial score (nSPS) is 21.1. The monoisotopic (exact) mass is 513 g/mol. The molecule has 2 unspecified atom stereocenters. The zero-order valence-corrected chi connectivity index (χ0v) is 19.5. The van der Waals surface area contributed by atoms with E-state index in [-0.39, 0.29) is 41.6 Å². The Hall–Kier alpha value is -3.80. The number of hydrogen-bond acceptors (Lipinski definition) is 8. The second-order valence-electron chi connectivity index (χ2n) is 9.35. The van der Waals surface area contributed by atoms with Gasteiger partial charge in [-0.1, -0.05) is 5.16 Å². The van der Waals surface area contributed by atoms with Crippen molar-refractivity contribution in [3.8, 4) is 23.0 Å². The number of rotatable bonds is 5. The van der Waals surface area contributed by atoms with E-state index in [0.717, 1.165) is 41.1 Å². The molecule has 2 aliphatic heterocycles. The highest BCUT2D eigenvalue weighted by atomic mass is 19.4. The van der Waals surface area contributed by atoms with Crippen molar-refractivity contribution in [1.82, 2.24) is 15.1 Å². The highest BCUT2D eigenvalue weighted by Crippen LogP contribution is 2.37. The Bertz CT molecular complexity index is 1500. The van der Waals surface area contributed by atoms with Crippen LogP contribution in [0.1, 0.15) is 24.8 Å². The number of carboxylic acid groups (broad SMARTS) is 1. The van der Waals surface area contributed by atoms with E-state index in [1.807, 2.05) is 12.1 Å². The van der Waals surface area contributed by atoms with Crippen molar-refractivity contribution in [2.45, 2.75) is 31.5 Å². The summed E-state index contributed by atoms with van der Waals surface area (Å²) in [6.07, 6.45) is -2.97. The van der Waals surface area contributed by atoms with Gasteiger partial charge in [-0.2, -0.15) is 18.2 Å². The molecule has 0 bridgehead atoms. The SMILES string of the molecule is O=C(O)CC1CCC2=c3cc(-c4noc(-c5cc(C(F)(F)F)cc(N6CCOCC6)n5)n4)ccc3=NC21. The lowest BCUT2D eigenvalue weighted by molar-refractivity contribution is -0.138. The molecule has 0 spiro atoms. The first kappa shape index (κ1) is 23.6. The predicted octanol–water partition coefficient (Wildman–Crippen LogP) is 2.69. The van der Waals surface area contributed by atoms with Gasteiger partial charge in [0.2, 0.25) is 5.82 Å². The Labute approximate surface area is 208 Å². The standard InChI is InChI=1S/C25H22F3N5O4/c26-25(27,28)15-11-19(29-20(12-15)33-5-7-36-8-6-33)24-31-23(32-37-24)14-2-4-18-17(9-14)16-3-1-13(10-21(34)35)22(16)30-18/h2,4,9,11-13,22H,1,3,5-8,10H2,(H,34,35). The molecule has 2 aromatic heterocycles. The number of fused-ring (bicyclic) bond motifs is 2. The molecular formula is C25H22F3N5O4. The molecule has 1 saturated carbocycles. The summed E-state index contributed by atoms with van der Waals surface area (Å²) in [5, 5.41) is 14.9. The van der Waals surface area contributed by atoms with Gasteiger partial charge in [-0.05, 0) is 54.7 Å². The zero-order chi connectivity index (χ0) is 25.7. The number of aliphatic carboxylic acids is 1. The van der Waals surface area contributed by atoms with Crippen LogP contribution in [-0.2, 0) is 15.7 Å². The van der Waals surface area contributed by atoms with Crippen LogP contribution in [0.3, 0.4) is 0 Å². The van der Waals surface area contributed by atoms with Crippen LogP contribution in [-0.4, -0.2) is 58.5 Å². The van der Waals surface area contributed by atoms with Crippen molar-refractivity contribution in [2.24, 2.45) is 10.9 Å². The number of nitrogens with zero attached hydrogens (tertiary/aromatic N) is 5. The van der Waals surface area contributed by atoms with Crippen LogP contribution in [0.2, 0.25) is 0 Å². The van der Waals surface area contributed by atoms with Gasteiger partial charge in [0, 0.05) is 23.9 Å². The number of ether oxygens (including phenoxy) is 1. The fraction of sp³-hybridized carbons (Fsp3) is 0.400. The van der Waals surface area contributed by atoms with Crippen LogP contribution in [0.5, 0.6) is 0 Å². The summed E-state index contributed by atoms with van der Waals surface area (Å²) in [4.78, 5) is 26.4. The van der Waals surface area contributed by atoms with Gasteiger partial charge in [-0.25, -0.2) is 4.98 Å². The van der Waals surface area contributed by atoms with Crippen LogP contribution in [0, 0.1) is 5.92 Å². The van der Waals surface area contributed by atoms with Crippen LogP contribution in [0.15, 0.2) is 39.8 Å². The fourth-order valence-corrected chi connectivity index (χ4v) is 5.23. The molecule has 3 aromatic rings. The smallest absolute Gasteiger partial charge is 0.416 e. The third-order valence-corrected chi connectivity index (χ3v) is 7.02. The Morgan fingerprint density at radius 1 is 1.14 bits per heavy atom. The van der Waals surface area contributed by atoms with E-state index >= 15 is 0 Å². The number of alkyl halides is 3. The molecule has 192 valence electrons. The van der Waals surface area contributed by atoms with E-state index in [2.05, 4.69) is 15.1 Å². The summed E-state index contributed by atoms with van der Waals surface area (Å²) in [6, 6.07) is 7.25. The van der Waals surface area contributed by atoms with E-state index < -0.39 is 17.7 Å². The van der Waals surface area contributed by atoms with E-state index in [1.165, 1.54) is 0 Å². The van der Waals surface area contributed by atoms with Crippen molar-refractivity contribution in [3.05, 3.63) is 46.5 Å². The number of carbonyl (C=O) groups is 1. The van der Waals surface area contributed by atoms with E-state index in [0.29, 0.717) is 31.9 Å². The number of morpholine rings is 1. The summed E-state index contributed by atoms with van der Waals surface area (Å²) in [5.41, 5.74) is 0.811. The topological polar surface area (TPSA) is 114 Å². The first-order chi connectivity index (χ1) is 17.8. The fourth-order valence-electron chi connectivity index (χ4n) is 5.23. The van der Waals surface area contributed by atoms with E-state index in [1.54, 1.807) is 11.0 Å². The zero-order valence-electron chi connectivity index (χ0n) is 19.5. The molecule has 3 aliphatic rings. The highest BCUT2D eigenvalue weighted by molar-refractivity contribution is 5.69. The van der Waals surface area contributed by atoms with Crippen LogP contribution < -0.4 is 15.5 Å². The maximum absolute atomic E-state index is 13.7. The van der Waals surface area contributed by atoms with Crippen molar-refractivity contribution >= 4 is 17.4 Å². The number of anilines is 1. The van der Waals surface area contributed by atoms with Gasteiger partial charge in [0.25, 0.3) is 5.89 Å². The molecule has 2 atom stereocenters. The maximum Gasteiger partial charge on any atom is 0.416 e. The molecule has 0 amide bonds. The molecule has 1 saturated heterocycles. The highest BCUT2D eigenvalue weighted by Gasteiger charge is 2.36. The van der Waals surface area contributed by atoms with Gasteiger partial charge in [-0.3, -0.25) is 9.79 Å². The molecule has 1 N–H and O–H groups in total. The molecule has 9 nitrogen and oxygen atoms in total. The minimum atomic E-state index is -4.57.